The van der Waals surface area contributed by atoms with Gasteiger partial charge >= 0.3 is 0 Å². The van der Waals surface area contributed by atoms with Crippen LogP contribution in [-0.2, 0) is 0 Å². The molecule has 1 aromatic heterocycles. The number of anilines is 1. The standard InChI is InChI=1S/C16H12N5O/c1-9-2-4-10(5-3-9)18-16(22)15-11-6-7-13-12(8-17-19-13)14(11)20-21-15/h2-8H,1H3,(H,18,22)(H,20,21). The Hall–Kier alpha value is -3.15. The van der Waals surface area contributed by atoms with E-state index in [1.807, 2.05) is 43.3 Å². The van der Waals surface area contributed by atoms with Crippen molar-refractivity contribution < 1.29 is 4.79 Å². The molecule has 2 heterocycles. The van der Waals surface area contributed by atoms with Crippen molar-refractivity contribution in [2.75, 3.05) is 5.32 Å². The van der Waals surface area contributed by atoms with E-state index in [0.717, 1.165) is 33.4 Å². The molecule has 0 bridgehead atoms. The third-order valence-electron chi connectivity index (χ3n) is 3.63. The Morgan fingerprint density at radius 2 is 1.95 bits per heavy atom. The van der Waals surface area contributed by atoms with E-state index in [0.29, 0.717) is 5.69 Å². The Bertz CT molecular complexity index is 908. The predicted octanol–water partition coefficient (Wildman–Crippen LogP) is 2.71. The molecule has 3 aromatic rings. The number of aromatic amines is 1. The molecule has 2 N–H and O–H groups in total. The highest BCUT2D eigenvalue weighted by atomic mass is 16.1. The number of fused-ring (bicyclic) bond motifs is 3. The number of carbonyl (C=O) groups excluding carboxylic acids is 1. The maximum absolute atomic E-state index is 12.4. The molecule has 1 aliphatic rings. The molecule has 107 valence electrons. The quantitative estimate of drug-likeness (QED) is 0.760. The van der Waals surface area contributed by atoms with Crippen molar-refractivity contribution in [2.45, 2.75) is 6.92 Å². The van der Waals surface area contributed by atoms with Gasteiger partial charge in [0.15, 0.2) is 5.69 Å². The third-order valence-corrected chi connectivity index (χ3v) is 3.63. The number of H-pyrrole nitrogens is 1. The molecule has 0 spiro atoms. The van der Waals surface area contributed by atoms with Crippen LogP contribution in [0.2, 0.25) is 0 Å². The first-order valence-corrected chi connectivity index (χ1v) is 6.85. The number of hydrogen-bond donors (Lipinski definition) is 2. The zero-order chi connectivity index (χ0) is 15.1. The van der Waals surface area contributed by atoms with Crippen LogP contribution in [0.5, 0.6) is 0 Å². The summed E-state index contributed by atoms with van der Waals surface area (Å²) < 4.78 is 0. The number of carbonyl (C=O) groups is 1. The third kappa shape index (κ3) is 1.93. The number of benzene rings is 2. The minimum atomic E-state index is -0.248. The average molecular weight is 290 g/mol. The SMILES string of the molecule is Cc1ccc(NC(=O)c2n[nH]c3c4c(ccc23)[N]N=C4)cc1. The number of nitrogens with zero attached hydrogens (tertiary/aromatic N) is 3. The van der Waals surface area contributed by atoms with Crippen LogP contribution in [0, 0.1) is 6.92 Å². The van der Waals surface area contributed by atoms with Crippen LogP contribution in [-0.4, -0.2) is 22.3 Å². The predicted molar refractivity (Wildman–Crippen MR) is 84.6 cm³/mol. The number of nitrogens with one attached hydrogen (secondary N) is 2. The van der Waals surface area contributed by atoms with E-state index < -0.39 is 0 Å². The molecule has 0 saturated heterocycles. The monoisotopic (exact) mass is 290 g/mol. The summed E-state index contributed by atoms with van der Waals surface area (Å²) in [4.78, 5) is 12.4. The van der Waals surface area contributed by atoms with Crippen molar-refractivity contribution in [3.8, 4) is 0 Å². The summed E-state index contributed by atoms with van der Waals surface area (Å²) in [5.41, 5.74) is 8.66. The Labute approximate surface area is 126 Å². The zero-order valence-corrected chi connectivity index (χ0v) is 11.8. The van der Waals surface area contributed by atoms with E-state index in [1.54, 1.807) is 6.21 Å². The summed E-state index contributed by atoms with van der Waals surface area (Å²) in [6.45, 7) is 2.00. The molecule has 1 radical (unpaired) electrons. The second-order valence-corrected chi connectivity index (χ2v) is 5.16. The average Bonchev–Trinajstić information content (AvgIpc) is 3.14. The topological polar surface area (TPSA) is 84.2 Å². The molecule has 2 aromatic carbocycles. The van der Waals surface area contributed by atoms with Crippen LogP contribution < -0.4 is 10.7 Å². The number of hydrogen-bond acceptors (Lipinski definition) is 3. The highest BCUT2D eigenvalue weighted by Gasteiger charge is 2.19. The summed E-state index contributed by atoms with van der Waals surface area (Å²) in [6, 6.07) is 11.3. The molecule has 1 aliphatic heterocycles. The zero-order valence-electron chi connectivity index (χ0n) is 11.8. The summed E-state index contributed by atoms with van der Waals surface area (Å²) in [5, 5.41) is 14.5. The second-order valence-electron chi connectivity index (χ2n) is 5.16. The lowest BCUT2D eigenvalue weighted by molar-refractivity contribution is 0.102. The highest BCUT2D eigenvalue weighted by molar-refractivity contribution is 6.14. The summed E-state index contributed by atoms with van der Waals surface area (Å²) >= 11 is 0. The maximum atomic E-state index is 12.4. The largest absolute Gasteiger partial charge is 0.321 e. The van der Waals surface area contributed by atoms with Gasteiger partial charge in [-0.25, -0.2) is 0 Å². The van der Waals surface area contributed by atoms with Crippen LogP contribution in [0.3, 0.4) is 0 Å². The van der Waals surface area contributed by atoms with Crippen LogP contribution in [0.4, 0.5) is 11.4 Å². The number of amides is 1. The number of aromatic nitrogens is 2. The van der Waals surface area contributed by atoms with E-state index in [4.69, 9.17) is 0 Å². The molecular weight excluding hydrogens is 278 g/mol. The van der Waals surface area contributed by atoms with E-state index in [2.05, 4.69) is 26.0 Å². The van der Waals surface area contributed by atoms with Gasteiger partial charge in [-0.15, -0.1) is 0 Å². The molecular formula is C16H12N5O. The molecule has 22 heavy (non-hydrogen) atoms. The first-order valence-electron chi connectivity index (χ1n) is 6.85. The van der Waals surface area contributed by atoms with Gasteiger partial charge in [0.1, 0.15) is 0 Å². The fourth-order valence-electron chi connectivity index (χ4n) is 2.47. The van der Waals surface area contributed by atoms with E-state index in [-0.39, 0.29) is 5.91 Å². The molecule has 0 saturated carbocycles. The fourth-order valence-corrected chi connectivity index (χ4v) is 2.47. The van der Waals surface area contributed by atoms with Crippen molar-refractivity contribution >= 4 is 34.4 Å². The smallest absolute Gasteiger partial charge is 0.276 e. The number of rotatable bonds is 2. The van der Waals surface area contributed by atoms with Crippen LogP contribution in [0.25, 0.3) is 10.9 Å². The molecule has 6 heteroatoms. The Morgan fingerprint density at radius 3 is 2.77 bits per heavy atom. The number of aryl methyl sites for hydroxylation is 1. The van der Waals surface area contributed by atoms with Gasteiger partial charge in [0, 0.05) is 16.6 Å². The van der Waals surface area contributed by atoms with Gasteiger partial charge in [-0.1, -0.05) is 17.7 Å². The second kappa shape index (κ2) is 4.70. The lowest BCUT2D eigenvalue weighted by Crippen LogP contribution is -2.12. The minimum Gasteiger partial charge on any atom is -0.321 e. The van der Waals surface area contributed by atoms with Gasteiger partial charge in [0.2, 0.25) is 0 Å². The van der Waals surface area contributed by atoms with Crippen molar-refractivity contribution in [1.29, 1.82) is 0 Å². The lowest BCUT2D eigenvalue weighted by Gasteiger charge is -2.04. The Balaban J connectivity index is 1.70. The highest BCUT2D eigenvalue weighted by Crippen LogP contribution is 2.28. The molecule has 1 amide bonds. The van der Waals surface area contributed by atoms with Crippen molar-refractivity contribution in [1.82, 2.24) is 15.6 Å². The fraction of sp³-hybridized carbons (Fsp3) is 0.0625. The van der Waals surface area contributed by atoms with Gasteiger partial charge < -0.3 is 5.32 Å². The lowest BCUT2D eigenvalue weighted by atomic mass is 10.1. The summed E-state index contributed by atoms with van der Waals surface area (Å²) in [6.07, 6.45) is 1.66. The molecule has 0 fully saturated rings. The van der Waals surface area contributed by atoms with Gasteiger partial charge in [-0.3, -0.25) is 9.89 Å². The first-order chi connectivity index (χ1) is 10.7. The molecule has 0 atom stereocenters. The minimum absolute atomic E-state index is 0.248. The summed E-state index contributed by atoms with van der Waals surface area (Å²) in [7, 11) is 0. The van der Waals surface area contributed by atoms with Crippen molar-refractivity contribution in [3.05, 3.63) is 53.2 Å². The van der Waals surface area contributed by atoms with E-state index in [1.165, 1.54) is 0 Å². The van der Waals surface area contributed by atoms with Crippen LogP contribution >= 0.6 is 0 Å². The Morgan fingerprint density at radius 1 is 1.14 bits per heavy atom. The van der Waals surface area contributed by atoms with Crippen molar-refractivity contribution in [2.24, 2.45) is 5.10 Å². The van der Waals surface area contributed by atoms with E-state index >= 15 is 0 Å². The maximum Gasteiger partial charge on any atom is 0.276 e. The van der Waals surface area contributed by atoms with Crippen molar-refractivity contribution in [3.63, 3.8) is 0 Å². The van der Waals surface area contributed by atoms with Gasteiger partial charge in [0.25, 0.3) is 5.91 Å². The van der Waals surface area contributed by atoms with Crippen LogP contribution in [0.15, 0.2) is 41.5 Å². The van der Waals surface area contributed by atoms with Crippen LogP contribution in [0.1, 0.15) is 21.6 Å². The molecule has 4 rings (SSSR count). The normalized spacial score (nSPS) is 12.2. The summed E-state index contributed by atoms with van der Waals surface area (Å²) in [5.74, 6) is -0.248. The Kier molecular flexibility index (Phi) is 2.69. The molecule has 6 nitrogen and oxygen atoms in total. The molecule has 0 aliphatic carbocycles. The molecule has 0 unspecified atom stereocenters. The van der Waals surface area contributed by atoms with Gasteiger partial charge in [0.05, 0.1) is 17.4 Å². The van der Waals surface area contributed by atoms with Gasteiger partial charge in [-0.05, 0) is 31.2 Å². The van der Waals surface area contributed by atoms with E-state index in [9.17, 15) is 4.79 Å². The van der Waals surface area contributed by atoms with Gasteiger partial charge in [-0.2, -0.15) is 15.6 Å². The first kappa shape index (κ1) is 12.6.